The highest BCUT2D eigenvalue weighted by molar-refractivity contribution is 5.60. The Labute approximate surface area is 119 Å². The average Bonchev–Trinajstić information content (AvgIpc) is 2.44. The van der Waals surface area contributed by atoms with Gasteiger partial charge in [-0.25, -0.2) is 14.4 Å². The van der Waals surface area contributed by atoms with Crippen LogP contribution in [0.2, 0.25) is 0 Å². The molecule has 0 aliphatic carbocycles. The molecule has 106 valence electrons. The maximum atomic E-state index is 13.4. The Morgan fingerprint density at radius 1 is 1.15 bits per heavy atom. The Bertz CT molecular complexity index is 623. The number of nitrogens with zero attached hydrogens (tertiary/aromatic N) is 2. The molecule has 0 saturated heterocycles. The van der Waals surface area contributed by atoms with Gasteiger partial charge in [-0.1, -0.05) is 6.92 Å². The number of nitrogens with one attached hydrogen (secondary N) is 1. The zero-order valence-electron chi connectivity index (χ0n) is 12.4. The zero-order chi connectivity index (χ0) is 14.7. The average molecular weight is 273 g/mol. The topological polar surface area (TPSA) is 37.8 Å². The van der Waals surface area contributed by atoms with Crippen molar-refractivity contribution in [1.82, 2.24) is 9.97 Å². The molecular formula is C16H20FN3. The molecule has 0 saturated carbocycles. The fourth-order valence-corrected chi connectivity index (χ4v) is 2.16. The molecule has 1 aromatic carbocycles. The van der Waals surface area contributed by atoms with E-state index in [1.807, 2.05) is 13.8 Å². The van der Waals surface area contributed by atoms with Gasteiger partial charge in [0, 0.05) is 23.4 Å². The van der Waals surface area contributed by atoms with E-state index in [-0.39, 0.29) is 5.82 Å². The van der Waals surface area contributed by atoms with Crippen molar-refractivity contribution in [3.05, 3.63) is 40.8 Å². The first-order valence-corrected chi connectivity index (χ1v) is 6.94. The second-order valence-electron chi connectivity index (χ2n) is 4.82. The summed E-state index contributed by atoms with van der Waals surface area (Å²) in [5, 5.41) is 3.26. The first-order chi connectivity index (χ1) is 9.56. The fourth-order valence-electron chi connectivity index (χ4n) is 2.16. The number of aryl methyl sites for hydroxylation is 2. The van der Waals surface area contributed by atoms with Gasteiger partial charge < -0.3 is 5.32 Å². The third-order valence-electron chi connectivity index (χ3n) is 3.34. The number of hydrogen-bond acceptors (Lipinski definition) is 3. The van der Waals surface area contributed by atoms with Gasteiger partial charge in [0.1, 0.15) is 11.6 Å². The molecule has 0 fully saturated rings. The summed E-state index contributed by atoms with van der Waals surface area (Å²) in [5.74, 6) is 1.30. The molecule has 0 spiro atoms. The Morgan fingerprint density at radius 3 is 2.50 bits per heavy atom. The lowest BCUT2D eigenvalue weighted by molar-refractivity contribution is 0.618. The van der Waals surface area contributed by atoms with E-state index in [2.05, 4.69) is 22.2 Å². The third-order valence-corrected chi connectivity index (χ3v) is 3.34. The molecular weight excluding hydrogens is 253 g/mol. The minimum Gasteiger partial charge on any atom is -0.370 e. The van der Waals surface area contributed by atoms with E-state index in [1.54, 1.807) is 19.1 Å². The Hall–Kier alpha value is -1.97. The van der Waals surface area contributed by atoms with E-state index in [1.165, 1.54) is 6.07 Å². The molecule has 0 unspecified atom stereocenters. The molecule has 20 heavy (non-hydrogen) atoms. The highest BCUT2D eigenvalue weighted by Gasteiger charge is 2.11. The molecule has 1 aromatic heterocycles. The minimum atomic E-state index is -0.205. The van der Waals surface area contributed by atoms with Crippen LogP contribution >= 0.6 is 0 Å². The van der Waals surface area contributed by atoms with Gasteiger partial charge in [-0.15, -0.1) is 0 Å². The van der Waals surface area contributed by atoms with Crippen molar-refractivity contribution >= 4 is 5.82 Å². The van der Waals surface area contributed by atoms with Crippen LogP contribution in [0.4, 0.5) is 10.2 Å². The van der Waals surface area contributed by atoms with Gasteiger partial charge in [0.25, 0.3) is 0 Å². The second kappa shape index (κ2) is 5.99. The normalized spacial score (nSPS) is 10.7. The number of benzene rings is 1. The van der Waals surface area contributed by atoms with Crippen LogP contribution in [-0.4, -0.2) is 16.5 Å². The SMILES string of the molecule is CCNc1nc(-c2ccc(F)c(C)c2)nc(CC)c1C. The van der Waals surface area contributed by atoms with Crippen molar-refractivity contribution < 1.29 is 4.39 Å². The summed E-state index contributed by atoms with van der Waals surface area (Å²) in [6, 6.07) is 4.98. The molecule has 0 aliphatic heterocycles. The van der Waals surface area contributed by atoms with Crippen molar-refractivity contribution in [2.45, 2.75) is 34.1 Å². The molecule has 0 bridgehead atoms. The Morgan fingerprint density at radius 2 is 1.90 bits per heavy atom. The molecule has 0 atom stereocenters. The first kappa shape index (κ1) is 14.4. The van der Waals surface area contributed by atoms with Gasteiger partial charge in [0.05, 0.1) is 0 Å². The summed E-state index contributed by atoms with van der Waals surface area (Å²) in [7, 11) is 0. The molecule has 4 heteroatoms. The zero-order valence-corrected chi connectivity index (χ0v) is 12.4. The molecule has 2 aromatic rings. The lowest BCUT2D eigenvalue weighted by Gasteiger charge is -2.12. The summed E-state index contributed by atoms with van der Waals surface area (Å²) < 4.78 is 13.4. The van der Waals surface area contributed by atoms with Crippen LogP contribution in [0.25, 0.3) is 11.4 Å². The lowest BCUT2D eigenvalue weighted by atomic mass is 10.1. The second-order valence-corrected chi connectivity index (χ2v) is 4.82. The first-order valence-electron chi connectivity index (χ1n) is 6.94. The predicted octanol–water partition coefficient (Wildman–Crippen LogP) is 3.89. The molecule has 0 aliphatic rings. The van der Waals surface area contributed by atoms with Gasteiger partial charge in [-0.2, -0.15) is 0 Å². The maximum Gasteiger partial charge on any atom is 0.161 e. The van der Waals surface area contributed by atoms with Crippen LogP contribution in [0, 0.1) is 19.7 Å². The standard InChI is InChI=1S/C16H20FN3/c1-5-14-11(4)15(18-6-2)20-16(19-14)12-7-8-13(17)10(3)9-12/h7-9H,5-6H2,1-4H3,(H,18,19,20). The molecule has 1 N–H and O–H groups in total. The lowest BCUT2D eigenvalue weighted by Crippen LogP contribution is -2.07. The van der Waals surface area contributed by atoms with Crippen molar-refractivity contribution in [2.75, 3.05) is 11.9 Å². The minimum absolute atomic E-state index is 0.205. The fraction of sp³-hybridized carbons (Fsp3) is 0.375. The summed E-state index contributed by atoms with van der Waals surface area (Å²) >= 11 is 0. The summed E-state index contributed by atoms with van der Waals surface area (Å²) in [6.07, 6.45) is 0.847. The molecule has 0 radical (unpaired) electrons. The number of halogens is 1. The Balaban J connectivity index is 2.55. The quantitative estimate of drug-likeness (QED) is 0.918. The molecule has 0 amide bonds. The van der Waals surface area contributed by atoms with Crippen molar-refractivity contribution in [3.63, 3.8) is 0 Å². The highest BCUT2D eigenvalue weighted by atomic mass is 19.1. The van der Waals surface area contributed by atoms with Gasteiger partial charge in [-0.3, -0.25) is 0 Å². The number of anilines is 1. The number of rotatable bonds is 4. The van der Waals surface area contributed by atoms with Gasteiger partial charge in [0.15, 0.2) is 5.82 Å². The highest BCUT2D eigenvalue weighted by Crippen LogP contribution is 2.23. The van der Waals surface area contributed by atoms with Crippen LogP contribution < -0.4 is 5.32 Å². The largest absolute Gasteiger partial charge is 0.370 e. The monoisotopic (exact) mass is 273 g/mol. The van der Waals surface area contributed by atoms with Gasteiger partial charge in [0.2, 0.25) is 0 Å². The third kappa shape index (κ3) is 2.79. The molecule has 1 heterocycles. The van der Waals surface area contributed by atoms with E-state index < -0.39 is 0 Å². The van der Waals surface area contributed by atoms with Gasteiger partial charge >= 0.3 is 0 Å². The van der Waals surface area contributed by atoms with Crippen molar-refractivity contribution in [1.29, 1.82) is 0 Å². The van der Waals surface area contributed by atoms with Crippen LogP contribution in [0.3, 0.4) is 0 Å². The van der Waals surface area contributed by atoms with E-state index in [9.17, 15) is 4.39 Å². The number of aromatic nitrogens is 2. The molecule has 3 nitrogen and oxygen atoms in total. The summed E-state index contributed by atoms with van der Waals surface area (Å²) in [5.41, 5.74) is 3.55. The van der Waals surface area contributed by atoms with E-state index >= 15 is 0 Å². The van der Waals surface area contributed by atoms with Crippen LogP contribution in [0.5, 0.6) is 0 Å². The maximum absolute atomic E-state index is 13.4. The van der Waals surface area contributed by atoms with Crippen LogP contribution in [0.1, 0.15) is 30.7 Å². The summed E-state index contributed by atoms with van der Waals surface area (Å²) in [6.45, 7) is 8.69. The van der Waals surface area contributed by atoms with Crippen molar-refractivity contribution in [2.24, 2.45) is 0 Å². The van der Waals surface area contributed by atoms with Crippen molar-refractivity contribution in [3.8, 4) is 11.4 Å². The number of hydrogen-bond donors (Lipinski definition) is 1. The Kier molecular flexibility index (Phi) is 4.32. The summed E-state index contributed by atoms with van der Waals surface area (Å²) in [4.78, 5) is 9.17. The van der Waals surface area contributed by atoms with Crippen LogP contribution in [0.15, 0.2) is 18.2 Å². The van der Waals surface area contributed by atoms with Gasteiger partial charge in [-0.05, 0) is 51.0 Å². The van der Waals surface area contributed by atoms with E-state index in [0.29, 0.717) is 11.4 Å². The van der Waals surface area contributed by atoms with E-state index in [4.69, 9.17) is 0 Å². The van der Waals surface area contributed by atoms with E-state index in [0.717, 1.165) is 35.6 Å². The van der Waals surface area contributed by atoms with Crippen LogP contribution in [-0.2, 0) is 6.42 Å². The molecule has 2 rings (SSSR count). The predicted molar refractivity (Wildman–Crippen MR) is 80.4 cm³/mol. The smallest absolute Gasteiger partial charge is 0.161 e.